The number of rotatable bonds is 3. The van der Waals surface area contributed by atoms with Crippen molar-refractivity contribution in [2.75, 3.05) is 31.1 Å². The number of ether oxygens (including phenoxy) is 3. The van der Waals surface area contributed by atoms with Crippen molar-refractivity contribution >= 4 is 23.4 Å². The summed E-state index contributed by atoms with van der Waals surface area (Å²) in [7, 11) is 0. The topological polar surface area (TPSA) is 68.3 Å². The lowest BCUT2D eigenvalue weighted by Crippen LogP contribution is -2.45. The zero-order valence-corrected chi connectivity index (χ0v) is 22.7. The molecule has 2 heterocycles. The molecule has 0 bridgehead atoms. The molecule has 0 aromatic heterocycles. The van der Waals surface area contributed by atoms with Crippen LogP contribution < -0.4 is 9.64 Å². The van der Waals surface area contributed by atoms with Gasteiger partial charge in [-0.15, -0.1) is 0 Å². The summed E-state index contributed by atoms with van der Waals surface area (Å²) >= 11 is 0. The van der Waals surface area contributed by atoms with E-state index in [1.165, 1.54) is 5.57 Å². The second kappa shape index (κ2) is 10.7. The third kappa shape index (κ3) is 5.82. The second-order valence-electron chi connectivity index (χ2n) is 11.6. The van der Waals surface area contributed by atoms with Crippen molar-refractivity contribution in [3.05, 3.63) is 65.7 Å². The lowest BCUT2D eigenvalue weighted by molar-refractivity contribution is 0.00895. The van der Waals surface area contributed by atoms with Gasteiger partial charge in [-0.05, 0) is 75.5 Å². The van der Waals surface area contributed by atoms with Crippen molar-refractivity contribution < 1.29 is 23.8 Å². The quantitative estimate of drug-likeness (QED) is 0.447. The first kappa shape index (κ1) is 26.1. The van der Waals surface area contributed by atoms with Crippen molar-refractivity contribution in [1.29, 1.82) is 0 Å². The average molecular weight is 519 g/mol. The first-order valence-electron chi connectivity index (χ1n) is 13.6. The minimum atomic E-state index is -0.472. The predicted molar refractivity (Wildman–Crippen MR) is 147 cm³/mol. The van der Waals surface area contributed by atoms with E-state index in [0.717, 1.165) is 67.8 Å². The maximum Gasteiger partial charge on any atom is 0.414 e. The van der Waals surface area contributed by atoms with E-state index in [9.17, 15) is 9.59 Å². The summed E-state index contributed by atoms with van der Waals surface area (Å²) in [5.41, 5.74) is 3.80. The molecule has 0 N–H and O–H groups in total. The van der Waals surface area contributed by atoms with Crippen molar-refractivity contribution in [1.82, 2.24) is 4.90 Å². The molecule has 2 aromatic carbocycles. The Morgan fingerprint density at radius 3 is 2.39 bits per heavy atom. The summed E-state index contributed by atoms with van der Waals surface area (Å²) in [5, 5.41) is 0. The third-order valence-corrected chi connectivity index (χ3v) is 7.80. The molecular formula is C31H38N2O5. The number of piperidine rings is 1. The highest BCUT2D eigenvalue weighted by Crippen LogP contribution is 2.48. The molecule has 1 saturated heterocycles. The summed E-state index contributed by atoms with van der Waals surface area (Å²) in [6.45, 7) is 8.32. The molecule has 1 fully saturated rings. The largest absolute Gasteiger partial charge is 0.489 e. The Hall–Kier alpha value is -3.48. The zero-order chi connectivity index (χ0) is 26.8. The molecule has 5 rings (SSSR count). The molecule has 2 amide bonds. The second-order valence-corrected chi connectivity index (χ2v) is 11.6. The normalized spacial score (nSPS) is 18.8. The molecule has 1 spiro atoms. The molecule has 0 saturated carbocycles. The lowest BCUT2D eigenvalue weighted by Gasteiger charge is -2.44. The minimum Gasteiger partial charge on any atom is -0.489 e. The van der Waals surface area contributed by atoms with Crippen LogP contribution in [0.4, 0.5) is 15.3 Å². The van der Waals surface area contributed by atoms with Gasteiger partial charge < -0.3 is 19.1 Å². The van der Waals surface area contributed by atoms with Crippen LogP contribution in [0.25, 0.3) is 5.57 Å². The summed E-state index contributed by atoms with van der Waals surface area (Å²) in [4.78, 5) is 29.0. The molecule has 7 heteroatoms. The van der Waals surface area contributed by atoms with Crippen molar-refractivity contribution in [3.63, 3.8) is 0 Å². The van der Waals surface area contributed by atoms with Gasteiger partial charge in [0, 0.05) is 18.7 Å². The van der Waals surface area contributed by atoms with E-state index < -0.39 is 5.60 Å². The van der Waals surface area contributed by atoms with Crippen LogP contribution in [0.2, 0.25) is 0 Å². The number of carbonyl (C=O) groups is 2. The van der Waals surface area contributed by atoms with Crippen LogP contribution in [0.5, 0.6) is 5.75 Å². The summed E-state index contributed by atoms with van der Waals surface area (Å²) < 4.78 is 17.3. The number of benzene rings is 2. The molecule has 202 valence electrons. The highest BCUT2D eigenvalue weighted by atomic mass is 16.6. The minimum absolute atomic E-state index is 0.209. The highest BCUT2D eigenvalue weighted by molar-refractivity contribution is 5.92. The van der Waals surface area contributed by atoms with Gasteiger partial charge in [-0.3, -0.25) is 4.90 Å². The number of carbonyl (C=O) groups excluding carboxylic acids is 2. The van der Waals surface area contributed by atoms with E-state index >= 15 is 0 Å². The van der Waals surface area contributed by atoms with E-state index in [1.807, 2.05) is 68.1 Å². The van der Waals surface area contributed by atoms with Gasteiger partial charge in [-0.1, -0.05) is 48.5 Å². The molecule has 1 aliphatic carbocycles. The van der Waals surface area contributed by atoms with Gasteiger partial charge >= 0.3 is 12.2 Å². The van der Waals surface area contributed by atoms with E-state index in [2.05, 4.69) is 12.1 Å². The molecule has 0 unspecified atom stereocenters. The van der Waals surface area contributed by atoms with Crippen LogP contribution in [0.3, 0.4) is 0 Å². The number of para-hydroxylation sites is 1. The first-order chi connectivity index (χ1) is 18.2. The maximum atomic E-state index is 13.0. The summed E-state index contributed by atoms with van der Waals surface area (Å²) in [6, 6.07) is 15.7. The van der Waals surface area contributed by atoms with Gasteiger partial charge in [-0.2, -0.15) is 0 Å². The van der Waals surface area contributed by atoms with E-state index in [-0.39, 0.29) is 24.2 Å². The van der Waals surface area contributed by atoms with E-state index in [0.29, 0.717) is 13.2 Å². The molecule has 38 heavy (non-hydrogen) atoms. The number of amides is 2. The molecule has 0 radical (unpaired) electrons. The molecular weight excluding hydrogens is 480 g/mol. The zero-order valence-electron chi connectivity index (χ0n) is 22.7. The summed E-state index contributed by atoms with van der Waals surface area (Å²) in [6.07, 6.45) is 6.76. The lowest BCUT2D eigenvalue weighted by atomic mass is 9.68. The van der Waals surface area contributed by atoms with Crippen molar-refractivity contribution in [2.45, 2.75) is 65.1 Å². The molecule has 3 aliphatic rings. The maximum absolute atomic E-state index is 13.0. The Balaban J connectivity index is 1.24. The number of fused-ring (bicyclic) bond motifs is 1. The Morgan fingerprint density at radius 2 is 1.71 bits per heavy atom. The smallest absolute Gasteiger partial charge is 0.414 e. The fourth-order valence-corrected chi connectivity index (χ4v) is 5.62. The molecule has 0 atom stereocenters. The van der Waals surface area contributed by atoms with Gasteiger partial charge in [0.15, 0.2) is 5.75 Å². The SMILES string of the molecule is CC(C)(C)OC(=O)N1CCC2(CC=C(c3cccc4c3OCCN4C(=O)OCc3ccccc3)CC2)CC1. The van der Waals surface area contributed by atoms with Crippen LogP contribution in [0, 0.1) is 5.41 Å². The van der Waals surface area contributed by atoms with E-state index in [1.54, 1.807) is 4.90 Å². The van der Waals surface area contributed by atoms with E-state index in [4.69, 9.17) is 14.2 Å². The van der Waals surface area contributed by atoms with Gasteiger partial charge in [0.25, 0.3) is 0 Å². The number of hydrogen-bond donors (Lipinski definition) is 0. The van der Waals surface area contributed by atoms with Crippen molar-refractivity contribution in [2.24, 2.45) is 5.41 Å². The third-order valence-electron chi connectivity index (χ3n) is 7.80. The Labute approximate surface area is 225 Å². The number of hydrogen-bond acceptors (Lipinski definition) is 5. The Kier molecular flexibility index (Phi) is 7.37. The van der Waals surface area contributed by atoms with Gasteiger partial charge in [-0.25, -0.2) is 9.59 Å². The first-order valence-corrected chi connectivity index (χ1v) is 13.6. The Morgan fingerprint density at radius 1 is 0.947 bits per heavy atom. The van der Waals surface area contributed by atoms with Crippen LogP contribution in [0.1, 0.15) is 64.0 Å². The standard InChI is InChI=1S/C31H38N2O5/c1-30(2,3)38-28(34)32-18-16-31(17-19-32)14-12-24(13-15-31)25-10-7-11-26-27(25)36-21-20-33(26)29(35)37-22-23-8-5-4-6-9-23/h4-12H,13-22H2,1-3H3. The highest BCUT2D eigenvalue weighted by Gasteiger charge is 2.38. The van der Waals surface area contributed by atoms with Crippen LogP contribution in [-0.4, -0.2) is 48.9 Å². The monoisotopic (exact) mass is 518 g/mol. The summed E-state index contributed by atoms with van der Waals surface area (Å²) in [5.74, 6) is 0.761. The number of anilines is 1. The predicted octanol–water partition coefficient (Wildman–Crippen LogP) is 6.81. The van der Waals surface area contributed by atoms with Crippen LogP contribution >= 0.6 is 0 Å². The number of allylic oxidation sites excluding steroid dienone is 2. The fourth-order valence-electron chi connectivity index (χ4n) is 5.62. The van der Waals surface area contributed by atoms with Gasteiger partial charge in [0.05, 0.1) is 12.2 Å². The average Bonchev–Trinajstić information content (AvgIpc) is 2.91. The van der Waals surface area contributed by atoms with Crippen molar-refractivity contribution in [3.8, 4) is 5.75 Å². The number of nitrogens with zero attached hydrogens (tertiary/aromatic N) is 2. The fraction of sp³-hybridized carbons (Fsp3) is 0.484. The molecule has 7 nitrogen and oxygen atoms in total. The molecule has 2 aliphatic heterocycles. The van der Waals surface area contributed by atoms with Crippen LogP contribution in [0.15, 0.2) is 54.6 Å². The number of likely N-dealkylation sites (tertiary alicyclic amines) is 1. The molecule has 2 aromatic rings. The van der Waals surface area contributed by atoms with Crippen LogP contribution in [-0.2, 0) is 16.1 Å². The Bertz CT molecular complexity index is 1190. The van der Waals surface area contributed by atoms with Gasteiger partial charge in [0.2, 0.25) is 0 Å². The van der Waals surface area contributed by atoms with Gasteiger partial charge in [0.1, 0.15) is 18.8 Å².